The zero-order valence-electron chi connectivity index (χ0n) is 14.4. The summed E-state index contributed by atoms with van der Waals surface area (Å²) in [5.41, 5.74) is 2.33. The fourth-order valence-electron chi connectivity index (χ4n) is 2.27. The molecule has 132 valence electrons. The van der Waals surface area contributed by atoms with E-state index >= 15 is 0 Å². The van der Waals surface area contributed by atoms with Crippen molar-refractivity contribution in [2.45, 2.75) is 6.92 Å². The number of carbonyl (C=O) groups excluding carboxylic acids is 1. The molecule has 0 aliphatic carbocycles. The van der Waals surface area contributed by atoms with Gasteiger partial charge in [-0.15, -0.1) is 0 Å². The SMILES string of the molecule is C=C/C=C(\C=C(/C)NC(=O)C=C)Nc1ncc(N2CCOCC2)cn1. The van der Waals surface area contributed by atoms with Crippen LogP contribution >= 0.6 is 0 Å². The molecule has 0 saturated carbocycles. The van der Waals surface area contributed by atoms with Gasteiger partial charge in [-0.2, -0.15) is 0 Å². The maximum atomic E-state index is 11.3. The van der Waals surface area contributed by atoms with Crippen LogP contribution in [0.5, 0.6) is 0 Å². The molecule has 1 aromatic heterocycles. The number of nitrogens with one attached hydrogen (secondary N) is 2. The van der Waals surface area contributed by atoms with Crippen LogP contribution in [-0.2, 0) is 9.53 Å². The minimum absolute atomic E-state index is 0.266. The molecule has 0 bridgehead atoms. The molecule has 1 aliphatic rings. The molecule has 1 aliphatic heterocycles. The van der Waals surface area contributed by atoms with Gasteiger partial charge in [0.25, 0.3) is 0 Å². The summed E-state index contributed by atoms with van der Waals surface area (Å²) in [6.07, 6.45) is 9.95. The van der Waals surface area contributed by atoms with E-state index in [0.717, 1.165) is 18.8 Å². The number of aromatic nitrogens is 2. The summed E-state index contributed by atoms with van der Waals surface area (Å²) in [6, 6.07) is 0. The summed E-state index contributed by atoms with van der Waals surface area (Å²) in [5, 5.41) is 5.79. The molecule has 0 aromatic carbocycles. The smallest absolute Gasteiger partial charge is 0.247 e. The van der Waals surface area contributed by atoms with Crippen LogP contribution in [0.25, 0.3) is 0 Å². The molecule has 2 heterocycles. The van der Waals surface area contributed by atoms with Gasteiger partial charge in [-0.1, -0.05) is 19.2 Å². The predicted octanol–water partition coefficient (Wildman–Crippen LogP) is 2.00. The molecule has 7 heteroatoms. The maximum Gasteiger partial charge on any atom is 0.247 e. The van der Waals surface area contributed by atoms with Crippen LogP contribution in [-0.4, -0.2) is 42.2 Å². The van der Waals surface area contributed by atoms with Crippen LogP contribution < -0.4 is 15.5 Å². The summed E-state index contributed by atoms with van der Waals surface area (Å²) >= 11 is 0. The van der Waals surface area contributed by atoms with Gasteiger partial charge in [0.05, 0.1) is 31.3 Å². The molecule has 25 heavy (non-hydrogen) atoms. The average Bonchev–Trinajstić information content (AvgIpc) is 2.63. The Hall–Kier alpha value is -2.93. The summed E-state index contributed by atoms with van der Waals surface area (Å²) in [5.74, 6) is 0.196. The first-order valence-electron chi connectivity index (χ1n) is 7.98. The number of rotatable bonds is 7. The van der Waals surface area contributed by atoms with E-state index in [-0.39, 0.29) is 5.91 Å². The van der Waals surface area contributed by atoms with Crippen LogP contribution in [0.1, 0.15) is 6.92 Å². The fourth-order valence-corrected chi connectivity index (χ4v) is 2.27. The first-order chi connectivity index (χ1) is 12.1. The molecule has 7 nitrogen and oxygen atoms in total. The van der Waals surface area contributed by atoms with Crippen molar-refractivity contribution in [3.8, 4) is 0 Å². The van der Waals surface area contributed by atoms with Crippen LogP contribution in [0, 0.1) is 0 Å². The van der Waals surface area contributed by atoms with Gasteiger partial charge >= 0.3 is 0 Å². The molecule has 1 aromatic rings. The normalized spacial score (nSPS) is 15.5. The number of nitrogens with zero attached hydrogens (tertiary/aromatic N) is 3. The van der Waals surface area contributed by atoms with Gasteiger partial charge in [0, 0.05) is 24.5 Å². The Morgan fingerprint density at radius 3 is 2.56 bits per heavy atom. The van der Waals surface area contributed by atoms with Crippen molar-refractivity contribution in [1.82, 2.24) is 15.3 Å². The number of anilines is 2. The zero-order chi connectivity index (χ0) is 18.1. The number of allylic oxidation sites excluding steroid dienone is 4. The number of hydrogen-bond donors (Lipinski definition) is 2. The van der Waals surface area contributed by atoms with Crippen LogP contribution in [0.2, 0.25) is 0 Å². The Balaban J connectivity index is 2.05. The minimum atomic E-state index is -0.266. The Morgan fingerprint density at radius 1 is 1.28 bits per heavy atom. The van der Waals surface area contributed by atoms with Crippen LogP contribution in [0.15, 0.2) is 61.2 Å². The van der Waals surface area contributed by atoms with E-state index in [9.17, 15) is 4.79 Å². The number of hydrogen-bond acceptors (Lipinski definition) is 6. The van der Waals surface area contributed by atoms with Crippen LogP contribution in [0.4, 0.5) is 11.6 Å². The van der Waals surface area contributed by atoms with E-state index in [1.165, 1.54) is 6.08 Å². The summed E-state index contributed by atoms with van der Waals surface area (Å²) in [6.45, 7) is 12.0. The van der Waals surface area contributed by atoms with Crippen molar-refractivity contribution in [1.29, 1.82) is 0 Å². The molecule has 2 rings (SSSR count). The number of ether oxygens (including phenoxy) is 1. The van der Waals surface area contributed by atoms with Gasteiger partial charge in [0.2, 0.25) is 11.9 Å². The molecule has 2 N–H and O–H groups in total. The first-order valence-corrected chi connectivity index (χ1v) is 7.98. The first kappa shape index (κ1) is 18.4. The summed E-state index contributed by atoms with van der Waals surface area (Å²) in [4.78, 5) is 22.2. The lowest BCUT2D eigenvalue weighted by Crippen LogP contribution is -2.36. The third-order valence-corrected chi connectivity index (χ3v) is 3.45. The van der Waals surface area contributed by atoms with Crippen molar-refractivity contribution < 1.29 is 9.53 Å². The molecule has 1 amide bonds. The Kier molecular flexibility index (Phi) is 6.91. The highest BCUT2D eigenvalue weighted by molar-refractivity contribution is 5.88. The lowest BCUT2D eigenvalue weighted by Gasteiger charge is -2.28. The predicted molar refractivity (Wildman–Crippen MR) is 99.1 cm³/mol. The van der Waals surface area contributed by atoms with E-state index in [0.29, 0.717) is 30.6 Å². The second kappa shape index (κ2) is 9.39. The second-order valence-electron chi connectivity index (χ2n) is 5.37. The van der Waals surface area contributed by atoms with Gasteiger partial charge in [0.15, 0.2) is 0 Å². The van der Waals surface area contributed by atoms with Gasteiger partial charge in [-0.25, -0.2) is 9.97 Å². The standard InChI is InChI=1S/C18H23N5O2/c1-4-6-15(11-14(3)21-17(24)5-2)22-18-19-12-16(13-20-18)23-7-9-25-10-8-23/h4-6,11-13H,1-2,7-10H2,3H3,(H,21,24)(H,19,20,22)/b14-11+,15-6+. The average molecular weight is 341 g/mol. The van der Waals surface area contributed by atoms with E-state index in [2.05, 4.69) is 38.7 Å². The number of amides is 1. The summed E-state index contributed by atoms with van der Waals surface area (Å²) in [7, 11) is 0. The Morgan fingerprint density at radius 2 is 1.96 bits per heavy atom. The highest BCUT2D eigenvalue weighted by Crippen LogP contribution is 2.15. The van der Waals surface area contributed by atoms with E-state index < -0.39 is 0 Å². The number of morpholine rings is 1. The third-order valence-electron chi connectivity index (χ3n) is 3.45. The molecule has 0 unspecified atom stereocenters. The minimum Gasteiger partial charge on any atom is -0.378 e. The molecule has 0 atom stereocenters. The molecule has 0 spiro atoms. The van der Waals surface area contributed by atoms with Crippen LogP contribution in [0.3, 0.4) is 0 Å². The maximum absolute atomic E-state index is 11.3. The molecule has 1 fully saturated rings. The van der Waals surface area contributed by atoms with Gasteiger partial charge < -0.3 is 20.3 Å². The van der Waals surface area contributed by atoms with Crippen molar-refractivity contribution in [3.63, 3.8) is 0 Å². The van der Waals surface area contributed by atoms with Gasteiger partial charge in [-0.05, 0) is 25.2 Å². The molecular formula is C18H23N5O2. The summed E-state index contributed by atoms with van der Waals surface area (Å²) < 4.78 is 5.34. The highest BCUT2D eigenvalue weighted by atomic mass is 16.5. The van der Waals surface area contributed by atoms with Crippen molar-refractivity contribution in [3.05, 3.63) is 61.2 Å². The molecule has 1 saturated heterocycles. The van der Waals surface area contributed by atoms with E-state index in [4.69, 9.17) is 4.74 Å². The fraction of sp³-hybridized carbons (Fsp3) is 0.278. The molecular weight excluding hydrogens is 318 g/mol. The van der Waals surface area contributed by atoms with Crippen molar-refractivity contribution in [2.75, 3.05) is 36.5 Å². The quantitative estimate of drug-likeness (QED) is 0.583. The van der Waals surface area contributed by atoms with Crippen molar-refractivity contribution >= 4 is 17.5 Å². The Bertz CT molecular complexity index is 673. The zero-order valence-corrected chi connectivity index (χ0v) is 14.4. The molecule has 0 radical (unpaired) electrons. The van der Waals surface area contributed by atoms with Gasteiger partial charge in [0.1, 0.15) is 0 Å². The second-order valence-corrected chi connectivity index (χ2v) is 5.37. The van der Waals surface area contributed by atoms with Gasteiger partial charge in [-0.3, -0.25) is 4.79 Å². The van der Waals surface area contributed by atoms with Crippen molar-refractivity contribution in [2.24, 2.45) is 0 Å². The highest BCUT2D eigenvalue weighted by Gasteiger charge is 2.12. The van der Waals surface area contributed by atoms with E-state index in [1.54, 1.807) is 37.5 Å². The topological polar surface area (TPSA) is 79.4 Å². The monoisotopic (exact) mass is 341 g/mol. The largest absolute Gasteiger partial charge is 0.378 e. The van der Waals surface area contributed by atoms with E-state index in [1.807, 2.05) is 0 Å². The third kappa shape index (κ3) is 5.89. The Labute approximate surface area is 147 Å². The number of carbonyl (C=O) groups is 1. The lowest BCUT2D eigenvalue weighted by atomic mass is 10.3. The lowest BCUT2D eigenvalue weighted by molar-refractivity contribution is -0.115.